The number of H-pyrrole nitrogens is 1. The number of ether oxygens (including phenoxy) is 1. The molecule has 202 valence electrons. The van der Waals surface area contributed by atoms with E-state index in [4.69, 9.17) is 9.72 Å². The van der Waals surface area contributed by atoms with Crippen LogP contribution in [0.15, 0.2) is 36.5 Å². The van der Waals surface area contributed by atoms with Gasteiger partial charge in [-0.25, -0.2) is 4.98 Å². The molecule has 2 aromatic heterocycles. The number of piperidine rings is 2. The number of aromatic nitrogens is 3. The van der Waals surface area contributed by atoms with Crippen molar-refractivity contribution >= 4 is 16.7 Å². The molecule has 0 unspecified atom stereocenters. The lowest BCUT2D eigenvalue weighted by molar-refractivity contribution is 0.133. The quantitative estimate of drug-likeness (QED) is 0.436. The molecule has 38 heavy (non-hydrogen) atoms. The highest BCUT2D eigenvalue weighted by Crippen LogP contribution is 2.41. The lowest BCUT2D eigenvalue weighted by Gasteiger charge is -2.43. The molecule has 7 heteroatoms. The molecule has 7 nitrogen and oxygen atoms in total. The van der Waals surface area contributed by atoms with Crippen LogP contribution >= 0.6 is 0 Å². The normalized spacial score (nSPS) is 23.0. The third-order valence-electron chi connectivity index (χ3n) is 9.50. The van der Waals surface area contributed by atoms with Crippen molar-refractivity contribution in [2.75, 3.05) is 50.7 Å². The van der Waals surface area contributed by atoms with Crippen molar-refractivity contribution in [3.05, 3.63) is 36.5 Å². The van der Waals surface area contributed by atoms with E-state index in [0.29, 0.717) is 0 Å². The van der Waals surface area contributed by atoms with Crippen LogP contribution in [0.2, 0.25) is 0 Å². The van der Waals surface area contributed by atoms with Crippen molar-refractivity contribution in [1.29, 1.82) is 0 Å². The van der Waals surface area contributed by atoms with Gasteiger partial charge in [-0.3, -0.25) is 5.10 Å². The molecule has 5 heterocycles. The van der Waals surface area contributed by atoms with Gasteiger partial charge < -0.3 is 19.9 Å². The first-order valence-corrected chi connectivity index (χ1v) is 14.9. The summed E-state index contributed by atoms with van der Waals surface area (Å²) in [6.07, 6.45) is 11.1. The van der Waals surface area contributed by atoms with Crippen LogP contribution in [0.5, 0.6) is 5.75 Å². The number of hydrogen-bond donors (Lipinski definition) is 2. The molecule has 1 aliphatic carbocycles. The van der Waals surface area contributed by atoms with E-state index in [-0.39, 0.29) is 5.60 Å². The highest BCUT2D eigenvalue weighted by atomic mass is 16.5. The Balaban J connectivity index is 0.935. The molecular weight excluding hydrogens is 472 g/mol. The number of rotatable bonds is 8. The fourth-order valence-corrected chi connectivity index (χ4v) is 6.79. The maximum Gasteiger partial charge on any atom is 0.129 e. The van der Waals surface area contributed by atoms with E-state index < -0.39 is 0 Å². The van der Waals surface area contributed by atoms with E-state index in [2.05, 4.69) is 56.5 Å². The zero-order valence-corrected chi connectivity index (χ0v) is 22.8. The van der Waals surface area contributed by atoms with Gasteiger partial charge in [0.15, 0.2) is 0 Å². The molecule has 0 atom stereocenters. The Hall–Kier alpha value is -2.64. The predicted octanol–water partition coefficient (Wildman–Crippen LogP) is 5.09. The Morgan fingerprint density at radius 3 is 2.58 bits per heavy atom. The fraction of sp³-hybridized carbons (Fsp3) is 0.613. The molecule has 4 aliphatic rings. The predicted molar refractivity (Wildman–Crippen MR) is 153 cm³/mol. The number of pyridine rings is 1. The van der Waals surface area contributed by atoms with Crippen LogP contribution < -0.4 is 15.0 Å². The zero-order chi connectivity index (χ0) is 25.5. The van der Waals surface area contributed by atoms with E-state index in [1.54, 1.807) is 0 Å². The van der Waals surface area contributed by atoms with Crippen LogP contribution in [0.4, 0.5) is 5.82 Å². The second kappa shape index (κ2) is 10.2. The summed E-state index contributed by atoms with van der Waals surface area (Å²) in [5, 5.41) is 12.5. The van der Waals surface area contributed by atoms with Crippen LogP contribution in [0, 0.1) is 17.8 Å². The van der Waals surface area contributed by atoms with E-state index in [9.17, 15) is 0 Å². The molecule has 1 saturated carbocycles. The van der Waals surface area contributed by atoms with Gasteiger partial charge in [0.2, 0.25) is 0 Å². The van der Waals surface area contributed by atoms with Crippen LogP contribution in [-0.2, 0) is 0 Å². The second-order valence-corrected chi connectivity index (χ2v) is 12.7. The minimum absolute atomic E-state index is 0.0132. The van der Waals surface area contributed by atoms with Crippen LogP contribution in [0.3, 0.4) is 0 Å². The summed E-state index contributed by atoms with van der Waals surface area (Å²) in [4.78, 5) is 9.91. The standard InChI is InChI=1S/C31H42N6O/c1-31(9-10-31)38-26-2-3-28-27(18-26)30(35-34-28)25-6-13-33-29(17-25)37-20-24(21-37)16-22-7-14-36(15-8-22)19-23-4-11-32-12-5-23/h2-3,6,13,17-18,22-24,32H,4-5,7-12,14-16,19-21H2,1H3,(H,34,35). The lowest BCUT2D eigenvalue weighted by atomic mass is 9.83. The topological polar surface area (TPSA) is 69.3 Å². The average Bonchev–Trinajstić information content (AvgIpc) is 3.49. The minimum Gasteiger partial charge on any atom is -0.488 e. The molecule has 3 aromatic rings. The summed E-state index contributed by atoms with van der Waals surface area (Å²) >= 11 is 0. The van der Waals surface area contributed by atoms with E-state index in [1.807, 2.05) is 12.3 Å². The fourth-order valence-electron chi connectivity index (χ4n) is 6.79. The maximum absolute atomic E-state index is 6.22. The number of anilines is 1. The largest absolute Gasteiger partial charge is 0.488 e. The summed E-state index contributed by atoms with van der Waals surface area (Å²) < 4.78 is 6.22. The first kappa shape index (κ1) is 24.4. The number of aromatic amines is 1. The first-order valence-electron chi connectivity index (χ1n) is 14.9. The summed E-state index contributed by atoms with van der Waals surface area (Å²) in [6.45, 7) is 10.8. The van der Waals surface area contributed by atoms with Gasteiger partial charge in [0.25, 0.3) is 0 Å². The Labute approximate surface area is 226 Å². The molecule has 7 rings (SSSR count). The Kier molecular flexibility index (Phi) is 6.52. The third kappa shape index (κ3) is 5.28. The number of hydrogen-bond acceptors (Lipinski definition) is 6. The summed E-state index contributed by atoms with van der Waals surface area (Å²) in [5.41, 5.74) is 3.14. The third-order valence-corrected chi connectivity index (χ3v) is 9.50. The van der Waals surface area contributed by atoms with Crippen molar-refractivity contribution < 1.29 is 4.74 Å². The number of likely N-dealkylation sites (tertiary alicyclic amines) is 1. The molecule has 1 aromatic carbocycles. The Bertz CT molecular complexity index is 1250. The number of fused-ring (bicyclic) bond motifs is 1. The molecule has 3 saturated heterocycles. The van der Waals surface area contributed by atoms with Gasteiger partial charge in [-0.05, 0) is 126 Å². The van der Waals surface area contributed by atoms with Crippen molar-refractivity contribution in [2.24, 2.45) is 17.8 Å². The molecule has 0 spiro atoms. The van der Waals surface area contributed by atoms with Crippen LogP contribution in [0.1, 0.15) is 51.9 Å². The summed E-state index contributed by atoms with van der Waals surface area (Å²) in [6, 6.07) is 10.5. The van der Waals surface area contributed by atoms with Gasteiger partial charge in [0, 0.05) is 36.8 Å². The highest BCUT2D eigenvalue weighted by molar-refractivity contribution is 5.94. The smallest absolute Gasteiger partial charge is 0.129 e. The average molecular weight is 515 g/mol. The van der Waals surface area contributed by atoms with Crippen molar-refractivity contribution in [1.82, 2.24) is 25.4 Å². The van der Waals surface area contributed by atoms with Gasteiger partial charge in [-0.15, -0.1) is 0 Å². The van der Waals surface area contributed by atoms with Crippen molar-refractivity contribution in [2.45, 2.75) is 57.5 Å². The molecule has 3 aliphatic heterocycles. The number of nitrogens with one attached hydrogen (secondary N) is 2. The highest BCUT2D eigenvalue weighted by Gasteiger charge is 2.40. The molecule has 4 fully saturated rings. The Morgan fingerprint density at radius 2 is 1.79 bits per heavy atom. The van der Waals surface area contributed by atoms with E-state index in [0.717, 1.165) is 77.4 Å². The molecule has 0 amide bonds. The van der Waals surface area contributed by atoms with E-state index >= 15 is 0 Å². The lowest BCUT2D eigenvalue weighted by Crippen LogP contribution is -2.48. The molecule has 0 radical (unpaired) electrons. The second-order valence-electron chi connectivity index (χ2n) is 12.7. The molecule has 2 N–H and O–H groups in total. The molecular formula is C31H42N6O. The Morgan fingerprint density at radius 1 is 0.974 bits per heavy atom. The van der Waals surface area contributed by atoms with Gasteiger partial charge in [-0.1, -0.05) is 0 Å². The van der Waals surface area contributed by atoms with Gasteiger partial charge in [0.1, 0.15) is 22.9 Å². The minimum atomic E-state index is 0.0132. The van der Waals surface area contributed by atoms with Crippen LogP contribution in [0.25, 0.3) is 22.2 Å². The zero-order valence-electron chi connectivity index (χ0n) is 22.8. The van der Waals surface area contributed by atoms with Crippen molar-refractivity contribution in [3.8, 4) is 17.0 Å². The summed E-state index contributed by atoms with van der Waals surface area (Å²) in [5.74, 6) is 4.62. The first-order chi connectivity index (χ1) is 18.6. The SMILES string of the molecule is CC1(Oc2ccc3[nH]nc(-c4ccnc(N5CC(CC6CCN(CC7CCNCC7)CC6)C5)c4)c3c2)CC1. The maximum atomic E-state index is 6.22. The summed E-state index contributed by atoms with van der Waals surface area (Å²) in [7, 11) is 0. The van der Waals surface area contributed by atoms with Gasteiger partial charge in [0.05, 0.1) is 5.52 Å². The van der Waals surface area contributed by atoms with Crippen molar-refractivity contribution in [3.63, 3.8) is 0 Å². The van der Waals surface area contributed by atoms with E-state index in [1.165, 1.54) is 64.8 Å². The van der Waals surface area contributed by atoms with Gasteiger partial charge >= 0.3 is 0 Å². The van der Waals surface area contributed by atoms with Gasteiger partial charge in [-0.2, -0.15) is 5.10 Å². The number of nitrogens with zero attached hydrogens (tertiary/aromatic N) is 4. The monoisotopic (exact) mass is 514 g/mol. The van der Waals surface area contributed by atoms with Crippen LogP contribution in [-0.4, -0.2) is 71.5 Å². The molecule has 0 bridgehead atoms. The number of benzene rings is 1.